The topological polar surface area (TPSA) is 90.9 Å². The van der Waals surface area contributed by atoms with Crippen LogP contribution in [0.15, 0.2) is 66.7 Å². The predicted molar refractivity (Wildman–Crippen MR) is 177 cm³/mol. The fourth-order valence-electron chi connectivity index (χ4n) is 6.13. The Bertz CT molecular complexity index is 1410. The van der Waals surface area contributed by atoms with Crippen molar-refractivity contribution in [3.63, 3.8) is 0 Å². The number of piperidine rings is 1. The zero-order chi connectivity index (χ0) is 31.7. The zero-order valence-electron chi connectivity index (χ0n) is 26.4. The number of aliphatic hydroxyl groups is 1. The summed E-state index contributed by atoms with van der Waals surface area (Å²) < 4.78 is 4.73. The number of hydrogen-bond acceptors (Lipinski definition) is 5. The number of halogens is 1. The molecule has 3 aromatic rings. The molecule has 3 N–H and O–H groups in total. The molecule has 0 spiro atoms. The van der Waals surface area contributed by atoms with E-state index in [2.05, 4.69) is 43.5 Å². The number of hydrogen-bond donors (Lipinski definition) is 3. The Morgan fingerprint density at radius 2 is 1.84 bits per heavy atom. The van der Waals surface area contributed by atoms with Crippen LogP contribution in [0.25, 0.3) is 11.1 Å². The SMILES string of the molecule is CCc1cccc(-c2c(Cl)cccc2[C@@](O)(CCCNC(=O)OC)C2CCCN(C(=O)c3ccc(CNC(C)C)cc3)C2)c1. The van der Waals surface area contributed by atoms with Gasteiger partial charge in [-0.1, -0.05) is 80.9 Å². The molecular weight excluding hydrogens is 574 g/mol. The molecule has 1 unspecified atom stereocenters. The number of ether oxygens (including phenoxy) is 1. The van der Waals surface area contributed by atoms with Gasteiger partial charge in [0.15, 0.2) is 0 Å². The number of carbonyl (C=O) groups excluding carboxylic acids is 2. The van der Waals surface area contributed by atoms with Crippen molar-refractivity contribution in [1.29, 1.82) is 0 Å². The van der Waals surface area contributed by atoms with Gasteiger partial charge in [-0.25, -0.2) is 4.79 Å². The minimum absolute atomic E-state index is 0.0326. The summed E-state index contributed by atoms with van der Waals surface area (Å²) in [5.74, 6) is -0.269. The van der Waals surface area contributed by atoms with Crippen molar-refractivity contribution < 1.29 is 19.4 Å². The molecule has 0 aromatic heterocycles. The van der Waals surface area contributed by atoms with Crippen molar-refractivity contribution in [2.24, 2.45) is 5.92 Å². The van der Waals surface area contributed by atoms with Gasteiger partial charge in [-0.3, -0.25) is 4.79 Å². The average molecular weight is 620 g/mol. The minimum atomic E-state index is -1.30. The summed E-state index contributed by atoms with van der Waals surface area (Å²) in [7, 11) is 1.33. The maximum absolute atomic E-state index is 13.7. The molecule has 3 aromatic carbocycles. The van der Waals surface area contributed by atoms with Crippen LogP contribution in [0.5, 0.6) is 0 Å². The highest BCUT2D eigenvalue weighted by Gasteiger charge is 2.43. The highest BCUT2D eigenvalue weighted by atomic mass is 35.5. The molecular formula is C36H46ClN3O4. The number of alkyl carbamates (subject to hydrolysis) is 1. The summed E-state index contributed by atoms with van der Waals surface area (Å²) in [6, 6.07) is 22.1. The van der Waals surface area contributed by atoms with Crippen LogP contribution in [0.1, 0.15) is 73.5 Å². The van der Waals surface area contributed by atoms with E-state index in [4.69, 9.17) is 16.3 Å². The largest absolute Gasteiger partial charge is 0.453 e. The van der Waals surface area contributed by atoms with Crippen molar-refractivity contribution in [2.45, 2.75) is 71.1 Å². The van der Waals surface area contributed by atoms with Crippen LogP contribution in [-0.2, 0) is 23.3 Å². The lowest BCUT2D eigenvalue weighted by Gasteiger charge is -2.44. The average Bonchev–Trinajstić information content (AvgIpc) is 3.05. The molecule has 1 aliphatic heterocycles. The van der Waals surface area contributed by atoms with Crippen LogP contribution < -0.4 is 10.6 Å². The third-order valence-corrected chi connectivity index (χ3v) is 8.91. The lowest BCUT2D eigenvalue weighted by molar-refractivity contribution is -0.0563. The van der Waals surface area contributed by atoms with Gasteiger partial charge in [0.1, 0.15) is 0 Å². The third kappa shape index (κ3) is 8.20. The van der Waals surface area contributed by atoms with Crippen LogP contribution in [0.2, 0.25) is 5.02 Å². The summed E-state index contributed by atoms with van der Waals surface area (Å²) in [5.41, 5.74) is 4.16. The molecule has 7 nitrogen and oxygen atoms in total. The van der Waals surface area contributed by atoms with E-state index >= 15 is 0 Å². The van der Waals surface area contributed by atoms with Crippen LogP contribution >= 0.6 is 11.6 Å². The van der Waals surface area contributed by atoms with E-state index in [9.17, 15) is 14.7 Å². The second-order valence-electron chi connectivity index (χ2n) is 12.0. The molecule has 1 saturated heterocycles. The van der Waals surface area contributed by atoms with Gasteiger partial charge in [0.25, 0.3) is 5.91 Å². The monoisotopic (exact) mass is 619 g/mol. The number of nitrogens with zero attached hydrogens (tertiary/aromatic N) is 1. The Morgan fingerprint density at radius 1 is 1.09 bits per heavy atom. The van der Waals surface area contributed by atoms with E-state index in [-0.39, 0.29) is 11.8 Å². The van der Waals surface area contributed by atoms with E-state index in [1.807, 2.05) is 59.5 Å². The van der Waals surface area contributed by atoms with Crippen molar-refractivity contribution in [3.05, 3.63) is 94.0 Å². The van der Waals surface area contributed by atoms with Crippen molar-refractivity contribution in [2.75, 3.05) is 26.7 Å². The first-order valence-corrected chi connectivity index (χ1v) is 16.1. The number of likely N-dealkylation sites (tertiary alicyclic amines) is 1. The number of benzene rings is 3. The van der Waals surface area contributed by atoms with Crippen molar-refractivity contribution in [1.82, 2.24) is 15.5 Å². The Kier molecular flexibility index (Phi) is 11.8. The second kappa shape index (κ2) is 15.6. The normalized spacial score (nSPS) is 16.4. The number of amides is 2. The lowest BCUT2D eigenvalue weighted by atomic mass is 9.72. The van der Waals surface area contributed by atoms with Gasteiger partial charge in [-0.05, 0) is 72.6 Å². The Hall–Kier alpha value is -3.39. The standard InChI is InChI=1S/C36H46ClN3O4/c1-5-26-10-6-11-29(22-26)33-31(13-7-14-32(33)37)36(43,19-9-20-38-35(42)44-4)30-12-8-21-40(24-30)34(41)28-17-15-27(16-18-28)23-39-25(2)3/h6-7,10-11,13-18,22,25,30,39,43H,5,8-9,12,19-21,23-24H2,1-4H3,(H,38,42)/t30?,36-/m1/s1. The van der Waals surface area contributed by atoms with Crippen LogP contribution in [0, 0.1) is 5.92 Å². The molecule has 1 aliphatic rings. The van der Waals surface area contributed by atoms with Gasteiger partial charge in [0, 0.05) is 54.3 Å². The maximum atomic E-state index is 13.7. The van der Waals surface area contributed by atoms with Gasteiger partial charge >= 0.3 is 6.09 Å². The van der Waals surface area contributed by atoms with E-state index in [1.165, 1.54) is 12.7 Å². The quantitative estimate of drug-likeness (QED) is 0.191. The lowest BCUT2D eigenvalue weighted by Crippen LogP contribution is -2.48. The highest BCUT2D eigenvalue weighted by Crippen LogP contribution is 2.45. The third-order valence-electron chi connectivity index (χ3n) is 8.59. The Balaban J connectivity index is 1.65. The first kappa shape index (κ1) is 33.5. The molecule has 0 saturated carbocycles. The molecule has 236 valence electrons. The van der Waals surface area contributed by atoms with Crippen molar-refractivity contribution >= 4 is 23.6 Å². The molecule has 4 rings (SSSR count). The van der Waals surface area contributed by atoms with Gasteiger partial charge in [-0.15, -0.1) is 0 Å². The van der Waals surface area contributed by atoms with Gasteiger partial charge < -0.3 is 25.4 Å². The summed E-state index contributed by atoms with van der Waals surface area (Å²) in [6.45, 7) is 8.47. The molecule has 2 atom stereocenters. The summed E-state index contributed by atoms with van der Waals surface area (Å²) in [5, 5.41) is 19.5. The number of carbonyl (C=O) groups is 2. The van der Waals surface area contributed by atoms with Gasteiger partial charge in [-0.2, -0.15) is 0 Å². The van der Waals surface area contributed by atoms with Gasteiger partial charge in [0.05, 0.1) is 12.7 Å². The number of methoxy groups -OCH3 is 1. The van der Waals surface area contributed by atoms with E-state index in [1.54, 1.807) is 0 Å². The van der Waals surface area contributed by atoms with Crippen LogP contribution in [0.4, 0.5) is 4.79 Å². The molecule has 0 radical (unpaired) electrons. The van der Waals surface area contributed by atoms with Crippen LogP contribution in [-0.4, -0.2) is 54.8 Å². The number of aryl methyl sites for hydroxylation is 1. The maximum Gasteiger partial charge on any atom is 0.406 e. The molecule has 8 heteroatoms. The summed E-state index contributed by atoms with van der Waals surface area (Å²) in [6.07, 6.45) is 2.80. The van der Waals surface area contributed by atoms with Crippen LogP contribution in [0.3, 0.4) is 0 Å². The molecule has 2 amide bonds. The zero-order valence-corrected chi connectivity index (χ0v) is 27.1. The first-order valence-electron chi connectivity index (χ1n) is 15.7. The second-order valence-corrected chi connectivity index (χ2v) is 12.4. The Morgan fingerprint density at radius 3 is 2.55 bits per heavy atom. The smallest absolute Gasteiger partial charge is 0.406 e. The predicted octanol–water partition coefficient (Wildman–Crippen LogP) is 6.94. The molecule has 1 fully saturated rings. The molecule has 0 aliphatic carbocycles. The summed E-state index contributed by atoms with van der Waals surface area (Å²) >= 11 is 6.88. The van der Waals surface area contributed by atoms with Crippen molar-refractivity contribution in [3.8, 4) is 11.1 Å². The van der Waals surface area contributed by atoms with E-state index in [0.717, 1.165) is 48.1 Å². The van der Waals surface area contributed by atoms with E-state index in [0.29, 0.717) is 49.1 Å². The molecule has 44 heavy (non-hydrogen) atoms. The van der Waals surface area contributed by atoms with Gasteiger partial charge in [0.2, 0.25) is 0 Å². The fraction of sp³-hybridized carbons (Fsp3) is 0.444. The number of rotatable bonds is 12. The Labute approximate surface area is 267 Å². The fourth-order valence-corrected chi connectivity index (χ4v) is 6.41. The van der Waals surface area contributed by atoms with E-state index < -0.39 is 11.7 Å². The first-order chi connectivity index (χ1) is 21.2. The molecule has 0 bridgehead atoms. The molecule has 1 heterocycles. The summed E-state index contributed by atoms with van der Waals surface area (Å²) in [4.78, 5) is 27.3. The number of nitrogens with one attached hydrogen (secondary N) is 2. The highest BCUT2D eigenvalue weighted by molar-refractivity contribution is 6.33. The minimum Gasteiger partial charge on any atom is -0.453 e.